The van der Waals surface area contributed by atoms with E-state index < -0.39 is 46.7 Å². The summed E-state index contributed by atoms with van der Waals surface area (Å²) in [6, 6.07) is 1.46. The zero-order chi connectivity index (χ0) is 14.2. The number of hydrogen-bond acceptors (Lipinski definition) is 4. The summed E-state index contributed by atoms with van der Waals surface area (Å²) in [5, 5.41) is 11.4. The molecule has 1 aliphatic rings. The van der Waals surface area contributed by atoms with E-state index in [0.717, 1.165) is 19.2 Å². The summed E-state index contributed by atoms with van der Waals surface area (Å²) >= 11 is 0. The van der Waals surface area contributed by atoms with E-state index in [1.54, 1.807) is 0 Å². The van der Waals surface area contributed by atoms with E-state index >= 15 is 0 Å². The lowest BCUT2D eigenvalue weighted by Crippen LogP contribution is -2.28. The van der Waals surface area contributed by atoms with Crippen LogP contribution >= 0.6 is 0 Å². The molecule has 2 atom stereocenters. The van der Waals surface area contributed by atoms with Crippen LogP contribution in [-0.2, 0) is 14.3 Å². The van der Waals surface area contributed by atoms with Gasteiger partial charge < -0.3 is 15.2 Å². The molecule has 1 aromatic carbocycles. The zero-order valence-corrected chi connectivity index (χ0v) is 9.94. The average Bonchev–Trinajstić information content (AvgIpc) is 2.69. The molecule has 1 fully saturated rings. The molecule has 0 saturated carbocycles. The lowest BCUT2D eigenvalue weighted by molar-refractivity contribution is -0.149. The van der Waals surface area contributed by atoms with Crippen LogP contribution in [0.15, 0.2) is 12.1 Å². The minimum atomic E-state index is -1.29. The van der Waals surface area contributed by atoms with Gasteiger partial charge in [-0.15, -0.1) is 0 Å². The molecule has 1 aromatic rings. The Labute approximate surface area is 107 Å². The third kappa shape index (κ3) is 2.23. The minimum Gasteiger partial charge on any atom is -0.508 e. The topological polar surface area (TPSA) is 75.6 Å². The average molecular weight is 271 g/mol. The van der Waals surface area contributed by atoms with Crippen molar-refractivity contribution in [2.24, 2.45) is 5.92 Å². The number of carbonyl (C=O) groups excluding carboxylic acids is 2. The first-order valence-electron chi connectivity index (χ1n) is 5.49. The highest BCUT2D eigenvalue weighted by molar-refractivity contribution is 6.00. The van der Waals surface area contributed by atoms with Gasteiger partial charge in [-0.2, -0.15) is 0 Å². The summed E-state index contributed by atoms with van der Waals surface area (Å²) in [6.45, 7) is -0.0722. The molecule has 5 nitrogen and oxygen atoms in total. The summed E-state index contributed by atoms with van der Waals surface area (Å²) in [4.78, 5) is 23.1. The van der Waals surface area contributed by atoms with Gasteiger partial charge in [0.05, 0.1) is 7.11 Å². The van der Waals surface area contributed by atoms with Crippen molar-refractivity contribution in [3.8, 4) is 5.75 Å². The van der Waals surface area contributed by atoms with Crippen LogP contribution < -0.4 is 5.32 Å². The maximum absolute atomic E-state index is 13.7. The van der Waals surface area contributed by atoms with Crippen LogP contribution in [0.3, 0.4) is 0 Å². The molecule has 102 valence electrons. The first kappa shape index (κ1) is 13.3. The zero-order valence-electron chi connectivity index (χ0n) is 9.94. The number of nitrogens with one attached hydrogen (secondary N) is 1. The number of carbonyl (C=O) groups is 2. The molecule has 2 N–H and O–H groups in total. The van der Waals surface area contributed by atoms with Gasteiger partial charge in [-0.05, 0) is 0 Å². The van der Waals surface area contributed by atoms with Gasteiger partial charge in [0.2, 0.25) is 5.91 Å². The van der Waals surface area contributed by atoms with Crippen LogP contribution in [0.25, 0.3) is 0 Å². The highest BCUT2D eigenvalue weighted by Gasteiger charge is 2.44. The van der Waals surface area contributed by atoms with Gasteiger partial charge >= 0.3 is 5.97 Å². The standard InChI is InChI=1S/C12H11F2NO4/c1-19-12(18)10-6(4-15-11(10)17)9-7(13)2-5(16)3-8(9)14/h2-3,6,10,16H,4H2,1H3,(H,15,17)/t6-,10-/m0/s1. The fraction of sp³-hybridized carbons (Fsp3) is 0.333. The van der Waals surface area contributed by atoms with Gasteiger partial charge in [-0.3, -0.25) is 9.59 Å². The summed E-state index contributed by atoms with van der Waals surface area (Å²) in [6.07, 6.45) is 0. The van der Waals surface area contributed by atoms with Crippen molar-refractivity contribution < 1.29 is 28.2 Å². The summed E-state index contributed by atoms with van der Waals surface area (Å²) in [7, 11) is 1.09. The minimum absolute atomic E-state index is 0.0722. The Balaban J connectivity index is 2.46. The SMILES string of the molecule is COC(=O)[C@@H]1C(=O)NC[C@H]1c1c(F)cc(O)cc1F. The Morgan fingerprint density at radius 1 is 1.42 bits per heavy atom. The quantitative estimate of drug-likeness (QED) is 0.612. The summed E-state index contributed by atoms with van der Waals surface area (Å²) < 4.78 is 31.9. The van der Waals surface area contributed by atoms with Crippen molar-refractivity contribution in [1.82, 2.24) is 5.32 Å². The Kier molecular flexibility index (Phi) is 3.37. The number of benzene rings is 1. The molecular formula is C12H11F2NO4. The fourth-order valence-corrected chi connectivity index (χ4v) is 2.21. The highest BCUT2D eigenvalue weighted by Crippen LogP contribution is 2.34. The number of phenolic OH excluding ortho intramolecular Hbond substituents is 1. The van der Waals surface area contributed by atoms with Crippen LogP contribution in [0.5, 0.6) is 5.75 Å². The maximum Gasteiger partial charge on any atom is 0.318 e. The predicted molar refractivity (Wildman–Crippen MR) is 59.3 cm³/mol. The smallest absolute Gasteiger partial charge is 0.318 e. The van der Waals surface area contributed by atoms with E-state index in [1.165, 1.54) is 0 Å². The number of aromatic hydroxyl groups is 1. The van der Waals surface area contributed by atoms with Crippen LogP contribution in [0.1, 0.15) is 11.5 Å². The maximum atomic E-state index is 13.7. The van der Waals surface area contributed by atoms with Crippen molar-refractivity contribution >= 4 is 11.9 Å². The number of esters is 1. The van der Waals surface area contributed by atoms with Crippen LogP contribution in [0.2, 0.25) is 0 Å². The van der Waals surface area contributed by atoms with Crippen molar-refractivity contribution in [2.45, 2.75) is 5.92 Å². The molecule has 0 spiro atoms. The second kappa shape index (κ2) is 4.83. The van der Waals surface area contributed by atoms with Crippen molar-refractivity contribution in [1.29, 1.82) is 0 Å². The molecule has 1 heterocycles. The number of amides is 1. The lowest BCUT2D eigenvalue weighted by atomic mass is 9.87. The number of methoxy groups -OCH3 is 1. The summed E-state index contributed by atoms with van der Waals surface area (Å²) in [5.74, 6) is -6.36. The molecule has 0 bridgehead atoms. The number of phenols is 1. The molecule has 0 aliphatic carbocycles. The molecular weight excluding hydrogens is 260 g/mol. The first-order valence-corrected chi connectivity index (χ1v) is 5.49. The van der Waals surface area contributed by atoms with Crippen LogP contribution in [0.4, 0.5) is 8.78 Å². The Bertz CT molecular complexity index is 524. The normalized spacial score (nSPS) is 22.2. The molecule has 1 aliphatic heterocycles. The molecule has 0 radical (unpaired) electrons. The Hall–Kier alpha value is -2.18. The summed E-state index contributed by atoms with van der Waals surface area (Å²) in [5.41, 5.74) is -0.411. The van der Waals surface area contributed by atoms with E-state index in [9.17, 15) is 18.4 Å². The lowest BCUT2D eigenvalue weighted by Gasteiger charge is -2.16. The number of halogens is 2. The Morgan fingerprint density at radius 2 is 2.00 bits per heavy atom. The van der Waals surface area contributed by atoms with E-state index in [1.807, 2.05) is 0 Å². The van der Waals surface area contributed by atoms with Gasteiger partial charge in [0.25, 0.3) is 0 Å². The van der Waals surface area contributed by atoms with E-state index in [4.69, 9.17) is 5.11 Å². The van der Waals surface area contributed by atoms with Gasteiger partial charge in [0.1, 0.15) is 23.3 Å². The molecule has 19 heavy (non-hydrogen) atoms. The monoisotopic (exact) mass is 271 g/mol. The number of ether oxygens (including phenoxy) is 1. The molecule has 0 unspecified atom stereocenters. The molecule has 2 rings (SSSR count). The van der Waals surface area contributed by atoms with E-state index in [-0.39, 0.29) is 6.54 Å². The van der Waals surface area contributed by atoms with E-state index in [2.05, 4.69) is 10.1 Å². The van der Waals surface area contributed by atoms with Crippen LogP contribution in [0, 0.1) is 17.6 Å². The number of rotatable bonds is 2. The second-order valence-electron chi connectivity index (χ2n) is 4.18. The third-order valence-corrected chi connectivity index (χ3v) is 3.07. The largest absolute Gasteiger partial charge is 0.508 e. The van der Waals surface area contributed by atoms with Gasteiger partial charge in [-0.25, -0.2) is 8.78 Å². The van der Waals surface area contributed by atoms with Gasteiger partial charge in [-0.1, -0.05) is 0 Å². The molecule has 1 saturated heterocycles. The molecule has 1 amide bonds. The first-order chi connectivity index (χ1) is 8.95. The van der Waals surface area contributed by atoms with Crippen molar-refractivity contribution in [3.05, 3.63) is 29.3 Å². The van der Waals surface area contributed by atoms with Gasteiger partial charge in [0, 0.05) is 30.2 Å². The molecule has 0 aromatic heterocycles. The number of hydrogen-bond donors (Lipinski definition) is 2. The molecule has 7 heteroatoms. The van der Waals surface area contributed by atoms with Crippen LogP contribution in [-0.4, -0.2) is 30.6 Å². The fourth-order valence-electron chi connectivity index (χ4n) is 2.21. The predicted octanol–water partition coefficient (Wildman–Crippen LogP) is 0.673. The second-order valence-corrected chi connectivity index (χ2v) is 4.18. The van der Waals surface area contributed by atoms with Crippen molar-refractivity contribution in [2.75, 3.05) is 13.7 Å². The third-order valence-electron chi connectivity index (χ3n) is 3.07. The Morgan fingerprint density at radius 3 is 2.53 bits per heavy atom. The highest BCUT2D eigenvalue weighted by atomic mass is 19.1. The van der Waals surface area contributed by atoms with E-state index in [0.29, 0.717) is 0 Å². The van der Waals surface area contributed by atoms with Crippen molar-refractivity contribution in [3.63, 3.8) is 0 Å². The van der Waals surface area contributed by atoms with Gasteiger partial charge in [0.15, 0.2) is 0 Å².